The number of allylic oxidation sites excluding steroid dienone is 1. The fraction of sp³-hybridized carbons (Fsp3) is 0.276. The van der Waals surface area contributed by atoms with Crippen LogP contribution in [0.25, 0.3) is 38.4 Å². The molecular weight excluding hydrogens is 410 g/mol. The number of furan rings is 1. The van der Waals surface area contributed by atoms with Gasteiger partial charge in [0.15, 0.2) is 0 Å². The van der Waals surface area contributed by atoms with Gasteiger partial charge in [-0.3, -0.25) is 4.79 Å². The smallest absolute Gasteiger partial charge is 0.244 e. The third kappa shape index (κ3) is 4.51. The number of fused-ring (bicyclic) bond motifs is 2. The quantitative estimate of drug-likeness (QED) is 0.231. The number of benzene rings is 3. The van der Waals surface area contributed by atoms with Crippen molar-refractivity contribution in [2.45, 2.75) is 40.5 Å². The molecule has 0 bridgehead atoms. The monoisotopic (exact) mass is 441 g/mol. The molecule has 0 atom stereocenters. The predicted octanol–water partition coefficient (Wildman–Crippen LogP) is 7.28. The first-order valence-corrected chi connectivity index (χ1v) is 11.7. The van der Waals surface area contributed by atoms with Gasteiger partial charge in [0.05, 0.1) is 12.9 Å². The standard InChI is InChI=1S/C29H31NO3/c1-5-7-15-30-27(31)16-19(3)24-17-25-26(18-33-29(25)20(4)28(24)32-6-2)23-14-10-12-21-11-8-9-13-22(21)23/h8-14,16-18H,5-7,15H2,1-4H3,(H,30,31)/b19-16+. The zero-order chi connectivity index (χ0) is 23.4. The van der Waals surface area contributed by atoms with Crippen molar-refractivity contribution in [2.24, 2.45) is 0 Å². The van der Waals surface area contributed by atoms with Crippen LogP contribution in [0.3, 0.4) is 0 Å². The Bertz CT molecular complexity index is 1320. The Balaban J connectivity index is 1.87. The normalized spacial score (nSPS) is 11.8. The van der Waals surface area contributed by atoms with E-state index in [2.05, 4.69) is 60.8 Å². The largest absolute Gasteiger partial charge is 0.493 e. The summed E-state index contributed by atoms with van der Waals surface area (Å²) in [7, 11) is 0. The molecule has 0 radical (unpaired) electrons. The maximum absolute atomic E-state index is 12.5. The van der Waals surface area contributed by atoms with Gasteiger partial charge in [-0.15, -0.1) is 0 Å². The molecule has 0 aliphatic carbocycles. The zero-order valence-electron chi connectivity index (χ0n) is 19.8. The van der Waals surface area contributed by atoms with Crippen molar-refractivity contribution in [1.29, 1.82) is 0 Å². The van der Waals surface area contributed by atoms with Crippen LogP contribution in [0.5, 0.6) is 5.75 Å². The second-order valence-corrected chi connectivity index (χ2v) is 8.34. The summed E-state index contributed by atoms with van der Waals surface area (Å²) in [6, 6.07) is 16.8. The number of hydrogen-bond acceptors (Lipinski definition) is 3. The minimum Gasteiger partial charge on any atom is -0.493 e. The van der Waals surface area contributed by atoms with Crippen LogP contribution >= 0.6 is 0 Å². The van der Waals surface area contributed by atoms with Crippen molar-refractivity contribution in [1.82, 2.24) is 5.32 Å². The third-order valence-corrected chi connectivity index (χ3v) is 6.01. The van der Waals surface area contributed by atoms with E-state index >= 15 is 0 Å². The minimum atomic E-state index is -0.0809. The van der Waals surface area contributed by atoms with Crippen molar-refractivity contribution < 1.29 is 13.9 Å². The van der Waals surface area contributed by atoms with Crippen LogP contribution in [-0.2, 0) is 4.79 Å². The Morgan fingerprint density at radius 1 is 1.06 bits per heavy atom. The Hall–Kier alpha value is -3.53. The molecule has 4 aromatic rings. The predicted molar refractivity (Wildman–Crippen MR) is 137 cm³/mol. The van der Waals surface area contributed by atoms with Crippen LogP contribution in [-0.4, -0.2) is 19.1 Å². The van der Waals surface area contributed by atoms with E-state index in [1.165, 1.54) is 10.8 Å². The van der Waals surface area contributed by atoms with E-state index < -0.39 is 0 Å². The fourth-order valence-corrected chi connectivity index (χ4v) is 4.32. The highest BCUT2D eigenvalue weighted by atomic mass is 16.5. The number of amides is 1. The van der Waals surface area contributed by atoms with Crippen LogP contribution in [0.1, 0.15) is 44.7 Å². The van der Waals surface area contributed by atoms with E-state index in [9.17, 15) is 4.79 Å². The average Bonchev–Trinajstić information content (AvgIpc) is 3.24. The second kappa shape index (κ2) is 9.95. The molecular formula is C29H31NO3. The van der Waals surface area contributed by atoms with Gasteiger partial charge in [-0.05, 0) is 55.2 Å². The van der Waals surface area contributed by atoms with Crippen molar-refractivity contribution in [3.8, 4) is 16.9 Å². The Labute approximate surface area is 195 Å². The molecule has 4 heteroatoms. The van der Waals surface area contributed by atoms with Gasteiger partial charge < -0.3 is 14.5 Å². The molecule has 0 unspecified atom stereocenters. The number of ether oxygens (including phenoxy) is 1. The summed E-state index contributed by atoms with van der Waals surface area (Å²) < 4.78 is 12.1. The van der Waals surface area contributed by atoms with Gasteiger partial charge in [0, 0.05) is 34.7 Å². The number of rotatable bonds is 8. The summed E-state index contributed by atoms with van der Waals surface area (Å²) in [5.41, 5.74) is 5.69. The Morgan fingerprint density at radius 2 is 1.85 bits per heavy atom. The fourth-order valence-electron chi connectivity index (χ4n) is 4.32. The molecule has 0 fully saturated rings. The minimum absolute atomic E-state index is 0.0809. The molecule has 0 saturated heterocycles. The van der Waals surface area contributed by atoms with Crippen LogP contribution in [0, 0.1) is 6.92 Å². The lowest BCUT2D eigenvalue weighted by atomic mass is 9.94. The number of hydrogen-bond donors (Lipinski definition) is 1. The third-order valence-electron chi connectivity index (χ3n) is 6.01. The summed E-state index contributed by atoms with van der Waals surface area (Å²) in [6.07, 6.45) is 5.51. The molecule has 0 aliphatic rings. The highest BCUT2D eigenvalue weighted by Crippen LogP contribution is 2.42. The number of unbranched alkanes of at least 4 members (excludes halogenated alkanes) is 1. The topological polar surface area (TPSA) is 51.5 Å². The SMILES string of the molecule is CCCCNC(=O)/C=C(\C)c1cc2c(-c3cccc4ccccc34)coc2c(C)c1OCC. The maximum atomic E-state index is 12.5. The van der Waals surface area contributed by atoms with Crippen LogP contribution in [0.15, 0.2) is 65.3 Å². The van der Waals surface area contributed by atoms with Crippen LogP contribution in [0.2, 0.25) is 0 Å². The van der Waals surface area contributed by atoms with Gasteiger partial charge in [0.1, 0.15) is 11.3 Å². The average molecular weight is 442 g/mol. The summed E-state index contributed by atoms with van der Waals surface area (Å²) in [5.74, 6) is 0.682. The molecule has 0 spiro atoms. The number of carbonyl (C=O) groups excluding carboxylic acids is 1. The van der Waals surface area contributed by atoms with Crippen LogP contribution in [0.4, 0.5) is 0 Å². The van der Waals surface area contributed by atoms with Gasteiger partial charge in [-0.25, -0.2) is 0 Å². The molecule has 3 aromatic carbocycles. The van der Waals surface area contributed by atoms with Gasteiger partial charge in [0.25, 0.3) is 0 Å². The van der Waals surface area contributed by atoms with E-state index in [-0.39, 0.29) is 5.91 Å². The van der Waals surface area contributed by atoms with E-state index in [0.29, 0.717) is 13.2 Å². The van der Waals surface area contributed by atoms with E-state index in [1.54, 1.807) is 6.08 Å². The zero-order valence-corrected chi connectivity index (χ0v) is 19.8. The molecule has 1 heterocycles. The van der Waals surface area contributed by atoms with Gasteiger partial charge in [0.2, 0.25) is 5.91 Å². The van der Waals surface area contributed by atoms with Gasteiger partial charge >= 0.3 is 0 Å². The highest BCUT2D eigenvalue weighted by molar-refractivity contribution is 6.07. The van der Waals surface area contributed by atoms with E-state index in [1.807, 2.05) is 27.0 Å². The van der Waals surface area contributed by atoms with Gasteiger partial charge in [-0.1, -0.05) is 55.8 Å². The molecule has 1 amide bonds. The van der Waals surface area contributed by atoms with Gasteiger partial charge in [-0.2, -0.15) is 0 Å². The molecule has 0 aliphatic heterocycles. The Kier molecular flexibility index (Phi) is 6.83. The molecule has 1 N–H and O–H groups in total. The molecule has 1 aromatic heterocycles. The lowest BCUT2D eigenvalue weighted by Crippen LogP contribution is -2.22. The molecule has 4 rings (SSSR count). The van der Waals surface area contributed by atoms with Crippen LogP contribution < -0.4 is 10.1 Å². The highest BCUT2D eigenvalue weighted by Gasteiger charge is 2.20. The first-order valence-electron chi connectivity index (χ1n) is 11.7. The maximum Gasteiger partial charge on any atom is 0.244 e. The van der Waals surface area contributed by atoms with Crippen molar-refractivity contribution >= 4 is 33.2 Å². The van der Waals surface area contributed by atoms with E-state index in [0.717, 1.165) is 57.4 Å². The summed E-state index contributed by atoms with van der Waals surface area (Å²) in [6.45, 7) is 9.27. The summed E-state index contributed by atoms with van der Waals surface area (Å²) in [5, 5.41) is 6.35. The molecule has 0 saturated carbocycles. The number of nitrogens with one attached hydrogen (secondary N) is 1. The number of carbonyl (C=O) groups is 1. The van der Waals surface area contributed by atoms with Crippen molar-refractivity contribution in [3.05, 3.63) is 72.0 Å². The Morgan fingerprint density at radius 3 is 2.64 bits per heavy atom. The summed E-state index contributed by atoms with van der Waals surface area (Å²) in [4.78, 5) is 12.5. The lowest BCUT2D eigenvalue weighted by Gasteiger charge is -2.15. The second-order valence-electron chi connectivity index (χ2n) is 8.34. The lowest BCUT2D eigenvalue weighted by molar-refractivity contribution is -0.116. The van der Waals surface area contributed by atoms with Crippen molar-refractivity contribution in [2.75, 3.05) is 13.2 Å². The molecule has 170 valence electrons. The number of aryl methyl sites for hydroxylation is 1. The van der Waals surface area contributed by atoms with E-state index in [4.69, 9.17) is 9.15 Å². The first-order chi connectivity index (χ1) is 16.0. The first kappa shape index (κ1) is 22.7. The van der Waals surface area contributed by atoms with Crippen molar-refractivity contribution in [3.63, 3.8) is 0 Å². The molecule has 4 nitrogen and oxygen atoms in total. The summed E-state index contributed by atoms with van der Waals surface area (Å²) >= 11 is 0. The molecule has 33 heavy (non-hydrogen) atoms.